The fourth-order valence-electron chi connectivity index (χ4n) is 3.27. The number of nitrogens with one attached hydrogen (secondary N) is 1. The largest absolute Gasteiger partial charge is 0.374 e. The highest BCUT2D eigenvalue weighted by Crippen LogP contribution is 2.26. The molecule has 1 aliphatic carbocycles. The Labute approximate surface area is 148 Å². The number of carbonyl (C=O) groups excluding carboxylic acids is 1. The summed E-state index contributed by atoms with van der Waals surface area (Å²) in [6.07, 6.45) is 8.96. The van der Waals surface area contributed by atoms with Gasteiger partial charge in [0, 0.05) is 18.3 Å². The van der Waals surface area contributed by atoms with E-state index >= 15 is 0 Å². The van der Waals surface area contributed by atoms with Gasteiger partial charge in [0.2, 0.25) is 5.91 Å². The van der Waals surface area contributed by atoms with Gasteiger partial charge in [-0.1, -0.05) is 37.1 Å². The Morgan fingerprint density at radius 3 is 3.12 bits per heavy atom. The molecule has 0 spiro atoms. The predicted octanol–water partition coefficient (Wildman–Crippen LogP) is 3.40. The first-order chi connectivity index (χ1) is 12.2. The lowest BCUT2D eigenvalue weighted by Crippen LogP contribution is -2.21. The van der Waals surface area contributed by atoms with Crippen molar-refractivity contribution in [2.45, 2.75) is 58.3 Å². The van der Waals surface area contributed by atoms with Gasteiger partial charge < -0.3 is 10.1 Å². The summed E-state index contributed by atoms with van der Waals surface area (Å²) in [6, 6.07) is 7.88. The van der Waals surface area contributed by atoms with Gasteiger partial charge >= 0.3 is 0 Å². The Bertz CT molecular complexity index is 672. The molecule has 1 saturated carbocycles. The fraction of sp³-hybridized carbons (Fsp3) is 0.526. The van der Waals surface area contributed by atoms with Crippen LogP contribution >= 0.6 is 0 Å². The van der Waals surface area contributed by atoms with E-state index in [0.29, 0.717) is 25.7 Å². The zero-order valence-electron chi connectivity index (χ0n) is 14.7. The molecule has 1 N–H and O–H groups in total. The number of anilines is 1. The van der Waals surface area contributed by atoms with Crippen molar-refractivity contribution < 1.29 is 9.53 Å². The number of nitrogens with zero attached hydrogens (tertiary/aromatic N) is 3. The molecule has 2 unspecified atom stereocenters. The molecule has 0 radical (unpaired) electrons. The molecule has 25 heavy (non-hydrogen) atoms. The highest BCUT2D eigenvalue weighted by Gasteiger charge is 2.19. The van der Waals surface area contributed by atoms with E-state index in [9.17, 15) is 4.79 Å². The highest BCUT2D eigenvalue weighted by molar-refractivity contribution is 5.90. The molecule has 6 heteroatoms. The molecular formula is C19H26N4O2. The second-order valence-corrected chi connectivity index (χ2v) is 6.87. The summed E-state index contributed by atoms with van der Waals surface area (Å²) < 4.78 is 7.71. The number of carbonyl (C=O) groups is 1. The minimum absolute atomic E-state index is 0.0327. The molecule has 134 valence electrons. The Hall–Kier alpha value is -2.21. The average molecular weight is 342 g/mol. The van der Waals surface area contributed by atoms with E-state index in [1.165, 1.54) is 12.8 Å². The lowest BCUT2D eigenvalue weighted by atomic mass is 9.89. The maximum atomic E-state index is 12.1. The Morgan fingerprint density at radius 2 is 2.32 bits per heavy atom. The summed E-state index contributed by atoms with van der Waals surface area (Å²) in [4.78, 5) is 12.1. The fourth-order valence-corrected chi connectivity index (χ4v) is 3.27. The maximum Gasteiger partial charge on any atom is 0.226 e. The first kappa shape index (κ1) is 17.6. The Morgan fingerprint density at radius 1 is 1.40 bits per heavy atom. The van der Waals surface area contributed by atoms with Gasteiger partial charge in [-0.2, -0.15) is 0 Å². The van der Waals surface area contributed by atoms with E-state index in [1.807, 2.05) is 24.3 Å². The van der Waals surface area contributed by atoms with Crippen molar-refractivity contribution in [3.63, 3.8) is 0 Å². The van der Waals surface area contributed by atoms with Gasteiger partial charge in [-0.15, -0.1) is 5.10 Å². The van der Waals surface area contributed by atoms with Crippen molar-refractivity contribution in [3.05, 3.63) is 42.2 Å². The first-order valence-corrected chi connectivity index (χ1v) is 9.03. The molecule has 0 saturated heterocycles. The predicted molar refractivity (Wildman–Crippen MR) is 95.9 cm³/mol. The first-order valence-electron chi connectivity index (χ1n) is 9.03. The van der Waals surface area contributed by atoms with Crippen LogP contribution < -0.4 is 5.32 Å². The van der Waals surface area contributed by atoms with Gasteiger partial charge in [0.25, 0.3) is 0 Å². The summed E-state index contributed by atoms with van der Waals surface area (Å²) >= 11 is 0. The van der Waals surface area contributed by atoms with E-state index in [-0.39, 0.29) is 5.91 Å². The van der Waals surface area contributed by atoms with Gasteiger partial charge in [0.1, 0.15) is 0 Å². The molecule has 0 aliphatic heterocycles. The van der Waals surface area contributed by atoms with E-state index in [0.717, 1.165) is 30.0 Å². The number of hydrogen-bond donors (Lipinski definition) is 1. The van der Waals surface area contributed by atoms with Crippen LogP contribution in [-0.4, -0.2) is 27.0 Å². The van der Waals surface area contributed by atoms with Crippen molar-refractivity contribution in [3.8, 4) is 0 Å². The minimum Gasteiger partial charge on any atom is -0.374 e. The van der Waals surface area contributed by atoms with Crippen molar-refractivity contribution in [2.75, 3.05) is 5.32 Å². The van der Waals surface area contributed by atoms with E-state index in [1.54, 1.807) is 17.1 Å². The normalized spacial score (nSPS) is 20.4. The molecule has 1 fully saturated rings. The number of amides is 1. The molecule has 2 aromatic rings. The van der Waals surface area contributed by atoms with Crippen LogP contribution in [0.5, 0.6) is 0 Å². The van der Waals surface area contributed by atoms with Crippen LogP contribution in [0.3, 0.4) is 0 Å². The molecule has 3 rings (SSSR count). The Kier molecular flexibility index (Phi) is 6.17. The van der Waals surface area contributed by atoms with E-state index in [4.69, 9.17) is 4.74 Å². The smallest absolute Gasteiger partial charge is 0.226 e. The lowest BCUT2D eigenvalue weighted by Gasteiger charge is -2.26. The summed E-state index contributed by atoms with van der Waals surface area (Å²) in [5.74, 6) is 0.726. The zero-order valence-corrected chi connectivity index (χ0v) is 14.7. The van der Waals surface area contributed by atoms with Crippen LogP contribution in [0.1, 0.15) is 44.6 Å². The molecule has 1 aromatic carbocycles. The van der Waals surface area contributed by atoms with Crippen molar-refractivity contribution >= 4 is 11.6 Å². The molecule has 6 nitrogen and oxygen atoms in total. The molecular weight excluding hydrogens is 316 g/mol. The molecule has 2 atom stereocenters. The summed E-state index contributed by atoms with van der Waals surface area (Å²) in [7, 11) is 0. The second-order valence-electron chi connectivity index (χ2n) is 6.87. The topological polar surface area (TPSA) is 69.0 Å². The summed E-state index contributed by atoms with van der Waals surface area (Å²) in [5, 5.41) is 10.5. The molecule has 1 aromatic heterocycles. The summed E-state index contributed by atoms with van der Waals surface area (Å²) in [5.41, 5.74) is 1.90. The molecule has 1 aliphatic rings. The maximum absolute atomic E-state index is 12.1. The van der Waals surface area contributed by atoms with E-state index < -0.39 is 0 Å². The minimum atomic E-state index is -0.0327. The number of ether oxygens (including phenoxy) is 1. The molecule has 0 bridgehead atoms. The third-order valence-corrected chi connectivity index (χ3v) is 4.62. The molecule has 1 amide bonds. The number of hydrogen-bond acceptors (Lipinski definition) is 4. The second kappa shape index (κ2) is 8.76. The number of rotatable bonds is 7. The van der Waals surface area contributed by atoms with Crippen LogP contribution in [0, 0.1) is 5.92 Å². The standard InChI is InChI=1S/C19H26N4O2/c1-15-4-2-7-18(12-15)25-14-16-5-3-6-17(13-16)21-19(24)8-10-23-11-9-20-22-23/h3,5-6,9,11,13,15,18H,2,4,7-8,10,12,14H2,1H3,(H,21,24). The van der Waals surface area contributed by atoms with Gasteiger partial charge in [0.15, 0.2) is 0 Å². The van der Waals surface area contributed by atoms with Gasteiger partial charge in [-0.25, -0.2) is 0 Å². The van der Waals surface area contributed by atoms with Crippen molar-refractivity contribution in [1.82, 2.24) is 15.0 Å². The average Bonchev–Trinajstić information content (AvgIpc) is 3.12. The zero-order chi connectivity index (χ0) is 17.5. The van der Waals surface area contributed by atoms with Gasteiger partial charge in [-0.05, 0) is 36.5 Å². The van der Waals surface area contributed by atoms with Crippen LogP contribution in [0.4, 0.5) is 5.69 Å². The SMILES string of the molecule is CC1CCCC(OCc2cccc(NC(=O)CCn3ccnn3)c2)C1. The monoisotopic (exact) mass is 342 g/mol. The molecule has 1 heterocycles. The van der Waals surface area contributed by atoms with Crippen molar-refractivity contribution in [1.29, 1.82) is 0 Å². The number of aromatic nitrogens is 3. The van der Waals surface area contributed by atoms with Crippen LogP contribution in [0.25, 0.3) is 0 Å². The lowest BCUT2D eigenvalue weighted by molar-refractivity contribution is -0.116. The quantitative estimate of drug-likeness (QED) is 0.837. The third kappa shape index (κ3) is 5.67. The van der Waals surface area contributed by atoms with Crippen LogP contribution in [-0.2, 0) is 22.7 Å². The number of aryl methyl sites for hydroxylation is 1. The van der Waals surface area contributed by atoms with Gasteiger partial charge in [0.05, 0.1) is 25.5 Å². The highest BCUT2D eigenvalue weighted by atomic mass is 16.5. The Balaban J connectivity index is 1.46. The third-order valence-electron chi connectivity index (χ3n) is 4.62. The van der Waals surface area contributed by atoms with Crippen molar-refractivity contribution in [2.24, 2.45) is 5.92 Å². The van der Waals surface area contributed by atoms with E-state index in [2.05, 4.69) is 22.6 Å². The van der Waals surface area contributed by atoms with Crippen LogP contribution in [0.2, 0.25) is 0 Å². The number of benzene rings is 1. The van der Waals surface area contributed by atoms with Crippen LogP contribution in [0.15, 0.2) is 36.7 Å². The van der Waals surface area contributed by atoms with Gasteiger partial charge in [-0.3, -0.25) is 9.48 Å². The summed E-state index contributed by atoms with van der Waals surface area (Å²) in [6.45, 7) is 3.42.